The zero-order valence-electron chi connectivity index (χ0n) is 16.0. The van der Waals surface area contributed by atoms with Gasteiger partial charge in [0.2, 0.25) is 0 Å². The van der Waals surface area contributed by atoms with Crippen LogP contribution in [0.1, 0.15) is 56.9 Å². The number of ketones is 1. The highest BCUT2D eigenvalue weighted by Crippen LogP contribution is 2.44. The summed E-state index contributed by atoms with van der Waals surface area (Å²) in [5, 5.41) is 10.6. The van der Waals surface area contributed by atoms with Crippen molar-refractivity contribution in [2.24, 2.45) is 0 Å². The first kappa shape index (κ1) is 19.1. The number of benzene rings is 1. The molecule has 0 saturated carbocycles. The number of carbonyl (C=O) groups excluding carboxylic acids is 1. The summed E-state index contributed by atoms with van der Waals surface area (Å²) >= 11 is 0. The van der Waals surface area contributed by atoms with Crippen molar-refractivity contribution in [3.05, 3.63) is 62.8 Å². The van der Waals surface area contributed by atoms with Gasteiger partial charge < -0.3 is 9.52 Å². The maximum absolute atomic E-state index is 14.0. The molecular weight excluding hydrogens is 347 g/mol. The van der Waals surface area contributed by atoms with Gasteiger partial charge in [-0.05, 0) is 37.8 Å². The zero-order chi connectivity index (χ0) is 19.9. The molecule has 0 amide bonds. The second kappa shape index (κ2) is 6.80. The van der Waals surface area contributed by atoms with Gasteiger partial charge in [0.05, 0.1) is 5.41 Å². The molecular formula is C22H23FO4. The molecule has 0 bridgehead atoms. The molecule has 1 N–H and O–H groups in total. The number of allylic oxidation sites excluding steroid dienone is 1. The van der Waals surface area contributed by atoms with Gasteiger partial charge in [0, 0.05) is 17.2 Å². The third-order valence-electron chi connectivity index (χ3n) is 5.63. The van der Waals surface area contributed by atoms with Crippen LogP contribution in [0.15, 0.2) is 39.1 Å². The van der Waals surface area contributed by atoms with E-state index in [-0.39, 0.29) is 34.2 Å². The van der Waals surface area contributed by atoms with Crippen molar-refractivity contribution in [3.63, 3.8) is 0 Å². The van der Waals surface area contributed by atoms with Crippen LogP contribution in [0.2, 0.25) is 0 Å². The summed E-state index contributed by atoms with van der Waals surface area (Å²) in [6.45, 7) is 7.14. The molecule has 5 heteroatoms. The molecule has 2 aromatic rings. The first-order valence-electron chi connectivity index (χ1n) is 9.23. The van der Waals surface area contributed by atoms with Crippen LogP contribution < -0.4 is 5.43 Å². The molecule has 1 aromatic heterocycles. The topological polar surface area (TPSA) is 67.5 Å². The predicted molar refractivity (Wildman–Crippen MR) is 102 cm³/mol. The van der Waals surface area contributed by atoms with Crippen molar-refractivity contribution in [2.75, 3.05) is 0 Å². The van der Waals surface area contributed by atoms with E-state index in [4.69, 9.17) is 4.42 Å². The summed E-state index contributed by atoms with van der Waals surface area (Å²) < 4.78 is 20.0. The van der Waals surface area contributed by atoms with E-state index in [1.807, 2.05) is 13.8 Å². The first-order chi connectivity index (χ1) is 12.8. The van der Waals surface area contributed by atoms with Crippen LogP contribution in [0.3, 0.4) is 0 Å². The van der Waals surface area contributed by atoms with Crippen LogP contribution in [-0.4, -0.2) is 10.9 Å². The Balaban J connectivity index is 2.36. The van der Waals surface area contributed by atoms with E-state index in [1.165, 1.54) is 12.1 Å². The largest absolute Gasteiger partial charge is 0.507 e. The van der Waals surface area contributed by atoms with E-state index < -0.39 is 16.7 Å². The fourth-order valence-electron chi connectivity index (χ4n) is 3.81. The smallest absolute Gasteiger partial charge is 0.196 e. The molecule has 0 radical (unpaired) electrons. The van der Waals surface area contributed by atoms with Crippen LogP contribution in [0.4, 0.5) is 4.39 Å². The molecule has 0 fully saturated rings. The standard InChI is InChI=1S/C22H23FO4/c1-5-14-19(25)18-16(24)11-17(13-9-8-12(4)15(23)10-13)27-21(18)22(6-2,7-3)20(14)26/h8-11,25H,5-7H2,1-4H3. The second-order valence-electron chi connectivity index (χ2n) is 6.94. The Bertz CT molecular complexity index is 1010. The normalized spacial score (nSPS) is 15.8. The maximum atomic E-state index is 14.0. The number of Topliss-reactive ketones (excluding diaryl/α,β-unsaturated/α-hetero) is 1. The lowest BCUT2D eigenvalue weighted by molar-refractivity contribution is -0.122. The van der Waals surface area contributed by atoms with Crippen molar-refractivity contribution in [2.45, 2.75) is 52.4 Å². The van der Waals surface area contributed by atoms with E-state index in [9.17, 15) is 19.1 Å². The van der Waals surface area contributed by atoms with Gasteiger partial charge >= 0.3 is 0 Å². The van der Waals surface area contributed by atoms with Gasteiger partial charge in [-0.15, -0.1) is 0 Å². The van der Waals surface area contributed by atoms with Gasteiger partial charge in [-0.3, -0.25) is 9.59 Å². The number of rotatable bonds is 4. The molecule has 3 rings (SSSR count). The Kier molecular flexibility index (Phi) is 4.81. The Labute approximate surface area is 157 Å². The summed E-state index contributed by atoms with van der Waals surface area (Å²) in [7, 11) is 0. The zero-order valence-corrected chi connectivity index (χ0v) is 16.0. The molecule has 142 valence electrons. The molecule has 1 aliphatic rings. The van der Waals surface area contributed by atoms with Crippen molar-refractivity contribution in [1.29, 1.82) is 0 Å². The van der Waals surface area contributed by atoms with Gasteiger partial charge in [-0.25, -0.2) is 4.39 Å². The quantitative estimate of drug-likeness (QED) is 0.815. The van der Waals surface area contributed by atoms with E-state index in [0.717, 1.165) is 0 Å². The van der Waals surface area contributed by atoms with Crippen LogP contribution >= 0.6 is 0 Å². The van der Waals surface area contributed by atoms with Crippen molar-refractivity contribution < 1.29 is 18.7 Å². The highest BCUT2D eigenvalue weighted by Gasteiger charge is 2.48. The van der Waals surface area contributed by atoms with E-state index in [0.29, 0.717) is 30.4 Å². The lowest BCUT2D eigenvalue weighted by Crippen LogP contribution is -2.41. The Morgan fingerprint density at radius 3 is 2.33 bits per heavy atom. The van der Waals surface area contributed by atoms with E-state index >= 15 is 0 Å². The Morgan fingerprint density at radius 2 is 1.78 bits per heavy atom. The fraction of sp³-hybridized carbons (Fsp3) is 0.364. The number of aliphatic hydroxyl groups is 1. The highest BCUT2D eigenvalue weighted by atomic mass is 19.1. The monoisotopic (exact) mass is 370 g/mol. The molecule has 0 spiro atoms. The number of hydrogen-bond acceptors (Lipinski definition) is 4. The second-order valence-corrected chi connectivity index (χ2v) is 6.94. The third-order valence-corrected chi connectivity index (χ3v) is 5.63. The minimum Gasteiger partial charge on any atom is -0.507 e. The predicted octanol–water partition coefficient (Wildman–Crippen LogP) is 5.07. The van der Waals surface area contributed by atoms with E-state index in [2.05, 4.69) is 0 Å². The van der Waals surface area contributed by atoms with Crippen molar-refractivity contribution in [3.8, 4) is 11.3 Å². The summed E-state index contributed by atoms with van der Waals surface area (Å²) in [5.41, 5.74) is -0.241. The average Bonchev–Trinajstić information content (AvgIpc) is 2.65. The average molecular weight is 370 g/mol. The third kappa shape index (κ3) is 2.73. The fourth-order valence-corrected chi connectivity index (χ4v) is 3.81. The number of halogens is 1. The van der Waals surface area contributed by atoms with Crippen LogP contribution in [-0.2, 0) is 10.2 Å². The van der Waals surface area contributed by atoms with Gasteiger partial charge in [0.25, 0.3) is 0 Å². The van der Waals surface area contributed by atoms with Crippen LogP contribution in [0, 0.1) is 12.7 Å². The summed E-state index contributed by atoms with van der Waals surface area (Å²) in [5.74, 6) is -0.557. The van der Waals surface area contributed by atoms with Gasteiger partial charge in [0.15, 0.2) is 11.2 Å². The van der Waals surface area contributed by atoms with Gasteiger partial charge in [0.1, 0.15) is 28.7 Å². The Hall–Kier alpha value is -2.69. The lowest BCUT2D eigenvalue weighted by Gasteiger charge is -2.35. The number of fused-ring (bicyclic) bond motifs is 1. The molecule has 0 saturated heterocycles. The SMILES string of the molecule is CCC1=C(O)c2c(oc(-c3ccc(C)c(F)c3)cc2=O)C(CC)(CC)C1=O. The Morgan fingerprint density at radius 1 is 1.11 bits per heavy atom. The number of hydrogen-bond donors (Lipinski definition) is 1. The molecule has 0 aliphatic heterocycles. The summed E-state index contributed by atoms with van der Waals surface area (Å²) in [6, 6.07) is 5.82. The molecule has 0 unspecified atom stereocenters. The minimum absolute atomic E-state index is 0.0477. The summed E-state index contributed by atoms with van der Waals surface area (Å²) in [6.07, 6.45) is 1.19. The van der Waals surface area contributed by atoms with Gasteiger partial charge in [-0.1, -0.05) is 32.9 Å². The molecule has 0 atom stereocenters. The molecule has 1 aliphatic carbocycles. The van der Waals surface area contributed by atoms with Crippen molar-refractivity contribution >= 4 is 11.5 Å². The highest BCUT2D eigenvalue weighted by molar-refractivity contribution is 6.10. The van der Waals surface area contributed by atoms with Crippen LogP contribution in [0.5, 0.6) is 0 Å². The van der Waals surface area contributed by atoms with Crippen LogP contribution in [0.25, 0.3) is 17.1 Å². The molecule has 4 nitrogen and oxygen atoms in total. The lowest BCUT2D eigenvalue weighted by atomic mass is 9.68. The number of carbonyl (C=O) groups is 1. The maximum Gasteiger partial charge on any atom is 0.196 e. The number of aliphatic hydroxyl groups excluding tert-OH is 1. The first-order valence-corrected chi connectivity index (χ1v) is 9.23. The summed E-state index contributed by atoms with van der Waals surface area (Å²) in [4.78, 5) is 26.0. The van der Waals surface area contributed by atoms with E-state index in [1.54, 1.807) is 26.0 Å². The molecule has 27 heavy (non-hydrogen) atoms. The molecule has 1 aromatic carbocycles. The number of aryl methyl sites for hydroxylation is 1. The van der Waals surface area contributed by atoms with Crippen molar-refractivity contribution in [1.82, 2.24) is 0 Å². The van der Waals surface area contributed by atoms with Gasteiger partial charge in [-0.2, -0.15) is 0 Å². The molecule has 1 heterocycles. The minimum atomic E-state index is -1.01.